The maximum Gasteiger partial charge on any atom is 0.340 e. The Morgan fingerprint density at radius 3 is 2.62 bits per heavy atom. The van der Waals surface area contributed by atoms with Crippen LogP contribution in [0, 0.1) is 6.92 Å². The molecule has 0 saturated carbocycles. The van der Waals surface area contributed by atoms with Gasteiger partial charge < -0.3 is 13.7 Å². The molecule has 4 rings (SSSR count). The molecule has 0 aliphatic heterocycles. The lowest BCUT2D eigenvalue weighted by Gasteiger charge is -2.05. The Kier molecular flexibility index (Phi) is 4.23. The quantitative estimate of drug-likeness (QED) is 0.514. The molecule has 0 saturated heterocycles. The van der Waals surface area contributed by atoms with Crippen molar-refractivity contribution in [1.82, 2.24) is 14.8 Å². The van der Waals surface area contributed by atoms with Gasteiger partial charge in [-0.1, -0.05) is 48.5 Å². The molecule has 130 valence electrons. The van der Waals surface area contributed by atoms with Crippen LogP contribution in [-0.4, -0.2) is 20.7 Å². The van der Waals surface area contributed by atoms with E-state index in [1.807, 2.05) is 48.7 Å². The lowest BCUT2D eigenvalue weighted by Crippen LogP contribution is -2.05. The summed E-state index contributed by atoms with van der Waals surface area (Å²) in [6.45, 7) is 2.32. The van der Waals surface area contributed by atoms with Crippen molar-refractivity contribution in [3.8, 4) is 0 Å². The molecule has 6 nitrogen and oxygen atoms in total. The Labute approximate surface area is 150 Å². The van der Waals surface area contributed by atoms with Crippen molar-refractivity contribution in [3.63, 3.8) is 0 Å². The number of carbonyl (C=O) groups excluding carboxylic acids is 1. The lowest BCUT2D eigenvalue weighted by molar-refractivity contribution is 0.0439. The highest BCUT2D eigenvalue weighted by atomic mass is 16.5. The van der Waals surface area contributed by atoms with Crippen LogP contribution in [0.3, 0.4) is 0 Å². The van der Waals surface area contributed by atoms with Crippen molar-refractivity contribution < 1.29 is 13.9 Å². The van der Waals surface area contributed by atoms with E-state index in [2.05, 4.69) is 26.9 Å². The molecule has 2 aromatic heterocycles. The zero-order valence-electron chi connectivity index (χ0n) is 14.3. The van der Waals surface area contributed by atoms with Crippen LogP contribution in [0.4, 0.5) is 0 Å². The van der Waals surface area contributed by atoms with Crippen molar-refractivity contribution in [2.75, 3.05) is 0 Å². The monoisotopic (exact) mass is 347 g/mol. The number of nitrogens with zero attached hydrogens (tertiary/aromatic N) is 3. The summed E-state index contributed by atoms with van der Waals surface area (Å²) < 4.78 is 12.6. The van der Waals surface area contributed by atoms with Crippen LogP contribution in [0.1, 0.15) is 27.7 Å². The average molecular weight is 347 g/mol. The molecule has 0 spiro atoms. The summed E-state index contributed by atoms with van der Waals surface area (Å²) in [4.78, 5) is 12.6. The van der Waals surface area contributed by atoms with E-state index in [1.54, 1.807) is 6.92 Å². The molecule has 0 bridgehead atoms. The van der Waals surface area contributed by atoms with Crippen LogP contribution in [0.5, 0.6) is 0 Å². The number of ether oxygens (including phenoxy) is 1. The van der Waals surface area contributed by atoms with Crippen molar-refractivity contribution in [1.29, 1.82) is 0 Å². The maximum absolute atomic E-state index is 12.6. The summed E-state index contributed by atoms with van der Waals surface area (Å²) in [5.74, 6) is 0.309. The second kappa shape index (κ2) is 6.84. The summed E-state index contributed by atoms with van der Waals surface area (Å²) in [7, 11) is 0. The summed E-state index contributed by atoms with van der Waals surface area (Å²) in [5.41, 5.74) is 2.67. The Balaban J connectivity index is 1.61. The minimum atomic E-state index is -0.413. The van der Waals surface area contributed by atoms with Crippen molar-refractivity contribution in [2.24, 2.45) is 0 Å². The van der Waals surface area contributed by atoms with Gasteiger partial charge in [-0.2, -0.15) is 0 Å². The third-order valence-electron chi connectivity index (χ3n) is 4.10. The summed E-state index contributed by atoms with van der Waals surface area (Å²) in [6.07, 6.45) is 1.83. The van der Waals surface area contributed by atoms with Gasteiger partial charge in [0.05, 0.1) is 5.56 Å². The van der Waals surface area contributed by atoms with E-state index in [9.17, 15) is 4.79 Å². The predicted octanol–water partition coefficient (Wildman–Crippen LogP) is 3.74. The SMILES string of the molecule is Cc1nnc(COC(=O)c2cn(Cc3ccccc3)c3ccccc23)o1. The van der Waals surface area contributed by atoms with Gasteiger partial charge in [0, 0.05) is 30.6 Å². The fourth-order valence-electron chi connectivity index (χ4n) is 2.92. The first-order valence-corrected chi connectivity index (χ1v) is 8.28. The number of benzene rings is 2. The Morgan fingerprint density at radius 2 is 1.85 bits per heavy atom. The van der Waals surface area contributed by atoms with Crippen LogP contribution in [0.15, 0.2) is 65.2 Å². The number of hydrogen-bond acceptors (Lipinski definition) is 5. The minimum absolute atomic E-state index is 0.0438. The number of carbonyl (C=O) groups is 1. The molecule has 0 aliphatic rings. The molecule has 0 radical (unpaired) electrons. The van der Waals surface area contributed by atoms with Crippen molar-refractivity contribution in [2.45, 2.75) is 20.1 Å². The number of aryl methyl sites for hydroxylation is 1. The van der Waals surface area contributed by atoms with Gasteiger partial charge in [0.25, 0.3) is 5.89 Å². The van der Waals surface area contributed by atoms with Crippen LogP contribution in [0.25, 0.3) is 10.9 Å². The summed E-state index contributed by atoms with van der Waals surface area (Å²) in [6, 6.07) is 17.9. The topological polar surface area (TPSA) is 70.2 Å². The smallest absolute Gasteiger partial charge is 0.340 e. The zero-order valence-corrected chi connectivity index (χ0v) is 14.3. The third-order valence-corrected chi connectivity index (χ3v) is 4.10. The summed E-state index contributed by atoms with van der Waals surface area (Å²) >= 11 is 0. The van der Waals surface area contributed by atoms with E-state index in [-0.39, 0.29) is 12.5 Å². The number of esters is 1. The Morgan fingerprint density at radius 1 is 1.08 bits per heavy atom. The van der Waals surface area contributed by atoms with Gasteiger partial charge in [0.1, 0.15) is 0 Å². The van der Waals surface area contributed by atoms with E-state index in [0.29, 0.717) is 18.0 Å². The van der Waals surface area contributed by atoms with Gasteiger partial charge in [-0.25, -0.2) is 4.79 Å². The second-order valence-corrected chi connectivity index (χ2v) is 5.96. The predicted molar refractivity (Wildman–Crippen MR) is 95.6 cm³/mol. The first-order valence-electron chi connectivity index (χ1n) is 8.28. The van der Waals surface area contributed by atoms with Gasteiger partial charge in [0.2, 0.25) is 5.89 Å². The fourth-order valence-corrected chi connectivity index (χ4v) is 2.92. The number of hydrogen-bond donors (Lipinski definition) is 0. The molecule has 0 aliphatic carbocycles. The van der Waals surface area contributed by atoms with E-state index in [1.165, 1.54) is 0 Å². The van der Waals surface area contributed by atoms with Crippen molar-refractivity contribution >= 4 is 16.9 Å². The highest BCUT2D eigenvalue weighted by Crippen LogP contribution is 2.23. The molecule has 0 N–H and O–H groups in total. The van der Waals surface area contributed by atoms with E-state index >= 15 is 0 Å². The lowest BCUT2D eigenvalue weighted by atomic mass is 10.2. The molecular formula is C20H17N3O3. The summed E-state index contributed by atoms with van der Waals surface area (Å²) in [5, 5.41) is 8.42. The van der Waals surface area contributed by atoms with Gasteiger partial charge in [-0.05, 0) is 11.6 Å². The second-order valence-electron chi connectivity index (χ2n) is 5.96. The normalized spacial score (nSPS) is 11.0. The third kappa shape index (κ3) is 3.21. The maximum atomic E-state index is 12.6. The van der Waals surface area contributed by atoms with Gasteiger partial charge in [-0.3, -0.25) is 0 Å². The number of fused-ring (bicyclic) bond motifs is 1. The van der Waals surface area contributed by atoms with Gasteiger partial charge >= 0.3 is 5.97 Å². The molecule has 4 aromatic rings. The zero-order chi connectivity index (χ0) is 17.9. The molecule has 0 unspecified atom stereocenters. The molecule has 0 atom stereocenters. The first-order chi connectivity index (χ1) is 12.7. The minimum Gasteiger partial charge on any atom is -0.452 e. The van der Waals surface area contributed by atoms with Crippen LogP contribution < -0.4 is 0 Å². The molecular weight excluding hydrogens is 330 g/mol. The molecule has 2 aromatic carbocycles. The average Bonchev–Trinajstić information content (AvgIpc) is 3.25. The molecule has 0 fully saturated rings. The van der Waals surface area contributed by atoms with E-state index in [0.717, 1.165) is 16.5 Å². The first kappa shape index (κ1) is 16.1. The fraction of sp³-hybridized carbons (Fsp3) is 0.150. The molecule has 2 heterocycles. The van der Waals surface area contributed by atoms with Crippen LogP contribution >= 0.6 is 0 Å². The molecule has 0 amide bonds. The Hall–Kier alpha value is -3.41. The molecule has 26 heavy (non-hydrogen) atoms. The highest BCUT2D eigenvalue weighted by molar-refractivity contribution is 6.04. The van der Waals surface area contributed by atoms with E-state index < -0.39 is 5.97 Å². The van der Waals surface area contributed by atoms with E-state index in [4.69, 9.17) is 9.15 Å². The number of para-hydroxylation sites is 1. The molecule has 6 heteroatoms. The van der Waals surface area contributed by atoms with Gasteiger partial charge in [-0.15, -0.1) is 10.2 Å². The number of aromatic nitrogens is 3. The van der Waals surface area contributed by atoms with Gasteiger partial charge in [0.15, 0.2) is 6.61 Å². The number of rotatable bonds is 5. The highest BCUT2D eigenvalue weighted by Gasteiger charge is 2.17. The Bertz CT molecular complexity index is 1050. The van der Waals surface area contributed by atoms with Crippen molar-refractivity contribution in [3.05, 3.63) is 83.7 Å². The van der Waals surface area contributed by atoms with Crippen LogP contribution in [0.2, 0.25) is 0 Å². The largest absolute Gasteiger partial charge is 0.452 e. The van der Waals surface area contributed by atoms with Crippen LogP contribution in [-0.2, 0) is 17.9 Å². The standard InChI is InChI=1S/C20H17N3O3/c1-14-21-22-19(26-14)13-25-20(24)17-12-23(11-15-7-3-2-4-8-15)18-10-6-5-9-16(17)18/h2-10,12H,11,13H2,1H3.